The van der Waals surface area contributed by atoms with Crippen LogP contribution in [0.3, 0.4) is 0 Å². The summed E-state index contributed by atoms with van der Waals surface area (Å²) in [4.78, 5) is 45.3. The lowest BCUT2D eigenvalue weighted by Crippen LogP contribution is -2.51. The van der Waals surface area contributed by atoms with E-state index in [9.17, 15) is 14.4 Å². The average molecular weight is 534 g/mol. The summed E-state index contributed by atoms with van der Waals surface area (Å²) in [7, 11) is 1.61. The number of benzene rings is 2. The van der Waals surface area contributed by atoms with Crippen molar-refractivity contribution in [1.29, 1.82) is 0 Å². The molecule has 3 fully saturated rings. The fourth-order valence-corrected chi connectivity index (χ4v) is 5.48. The van der Waals surface area contributed by atoms with E-state index >= 15 is 0 Å². The van der Waals surface area contributed by atoms with Gasteiger partial charge < -0.3 is 30.1 Å². The standard InChI is InChI=1S/C30H39N5O4/c1-39-25-9-6-22(7-10-25)20-28(36)32-26-21-24(30(38)34-14-3-12-31-13-15-34)8-11-27(26)33-16-18-35(19-17-33)29(37)23-4-2-5-23/h6-11,21,23,31H,2-5,12-20H2,1H3,(H,32,36). The molecule has 3 aliphatic rings. The summed E-state index contributed by atoms with van der Waals surface area (Å²) in [5.41, 5.74) is 2.95. The van der Waals surface area contributed by atoms with Gasteiger partial charge in [-0.15, -0.1) is 0 Å². The van der Waals surface area contributed by atoms with Crippen molar-refractivity contribution in [2.75, 3.05) is 69.7 Å². The quantitative estimate of drug-likeness (QED) is 0.569. The van der Waals surface area contributed by atoms with E-state index in [2.05, 4.69) is 15.5 Å². The molecule has 2 aliphatic heterocycles. The number of hydrogen-bond donors (Lipinski definition) is 2. The van der Waals surface area contributed by atoms with Gasteiger partial charge in [-0.3, -0.25) is 14.4 Å². The maximum Gasteiger partial charge on any atom is 0.253 e. The number of ether oxygens (including phenoxy) is 1. The molecule has 2 aromatic rings. The normalized spacial score (nSPS) is 18.2. The molecule has 9 nitrogen and oxygen atoms in total. The number of hydrogen-bond acceptors (Lipinski definition) is 6. The minimum absolute atomic E-state index is 0.0215. The van der Waals surface area contributed by atoms with Gasteiger partial charge in [0.1, 0.15) is 5.75 Å². The highest BCUT2D eigenvalue weighted by atomic mass is 16.5. The Balaban J connectivity index is 1.33. The molecule has 0 atom stereocenters. The smallest absolute Gasteiger partial charge is 0.253 e. The molecule has 9 heteroatoms. The first-order valence-electron chi connectivity index (χ1n) is 14.1. The van der Waals surface area contributed by atoms with E-state index in [1.807, 2.05) is 52.3 Å². The first kappa shape index (κ1) is 27.0. The minimum atomic E-state index is -0.149. The molecule has 0 bridgehead atoms. The van der Waals surface area contributed by atoms with Gasteiger partial charge in [0.2, 0.25) is 11.8 Å². The number of piperazine rings is 1. The molecule has 208 valence electrons. The lowest BCUT2D eigenvalue weighted by atomic mass is 9.84. The molecular weight excluding hydrogens is 494 g/mol. The second-order valence-electron chi connectivity index (χ2n) is 10.6. The van der Waals surface area contributed by atoms with Crippen LogP contribution in [0.15, 0.2) is 42.5 Å². The first-order valence-corrected chi connectivity index (χ1v) is 14.1. The number of rotatable bonds is 7. The van der Waals surface area contributed by atoms with E-state index in [-0.39, 0.29) is 30.1 Å². The van der Waals surface area contributed by atoms with Crippen molar-refractivity contribution < 1.29 is 19.1 Å². The number of amides is 3. The van der Waals surface area contributed by atoms with Crippen molar-refractivity contribution in [2.24, 2.45) is 5.92 Å². The topological polar surface area (TPSA) is 94.2 Å². The molecule has 1 aliphatic carbocycles. The number of nitrogens with zero attached hydrogens (tertiary/aromatic N) is 3. The highest BCUT2D eigenvalue weighted by Gasteiger charge is 2.32. The molecular formula is C30H39N5O4. The summed E-state index contributed by atoms with van der Waals surface area (Å²) >= 11 is 0. The summed E-state index contributed by atoms with van der Waals surface area (Å²) in [5, 5.41) is 6.43. The second-order valence-corrected chi connectivity index (χ2v) is 10.6. The van der Waals surface area contributed by atoms with Crippen LogP contribution < -0.4 is 20.3 Å². The predicted molar refractivity (Wildman–Crippen MR) is 151 cm³/mol. The summed E-state index contributed by atoms with van der Waals surface area (Å²) in [6, 6.07) is 13.1. The largest absolute Gasteiger partial charge is 0.497 e. The molecule has 0 aromatic heterocycles. The zero-order valence-electron chi connectivity index (χ0n) is 22.8. The third-order valence-corrected chi connectivity index (χ3v) is 8.06. The van der Waals surface area contributed by atoms with Crippen LogP contribution in [0.4, 0.5) is 11.4 Å². The minimum Gasteiger partial charge on any atom is -0.497 e. The third-order valence-electron chi connectivity index (χ3n) is 8.06. The number of nitrogens with one attached hydrogen (secondary N) is 2. The molecule has 1 saturated carbocycles. The van der Waals surface area contributed by atoms with Gasteiger partial charge in [0.25, 0.3) is 5.91 Å². The van der Waals surface area contributed by atoms with Crippen LogP contribution in [0.25, 0.3) is 0 Å². The Morgan fingerprint density at radius 2 is 1.67 bits per heavy atom. The van der Waals surface area contributed by atoms with Gasteiger partial charge >= 0.3 is 0 Å². The van der Waals surface area contributed by atoms with E-state index in [1.54, 1.807) is 7.11 Å². The molecule has 3 amide bonds. The third kappa shape index (κ3) is 6.53. The van der Waals surface area contributed by atoms with Gasteiger partial charge in [-0.25, -0.2) is 0 Å². The van der Waals surface area contributed by atoms with Gasteiger partial charge in [0.15, 0.2) is 0 Å². The van der Waals surface area contributed by atoms with Crippen molar-refractivity contribution in [3.8, 4) is 5.75 Å². The summed E-state index contributed by atoms with van der Waals surface area (Å²) in [6.45, 7) is 5.76. The maximum absolute atomic E-state index is 13.4. The fourth-order valence-electron chi connectivity index (χ4n) is 5.48. The van der Waals surface area contributed by atoms with Gasteiger partial charge in [-0.2, -0.15) is 0 Å². The number of carbonyl (C=O) groups excluding carboxylic acids is 3. The van der Waals surface area contributed by atoms with Gasteiger partial charge in [-0.1, -0.05) is 18.6 Å². The molecule has 0 unspecified atom stereocenters. The van der Waals surface area contributed by atoms with E-state index < -0.39 is 0 Å². The van der Waals surface area contributed by atoms with Crippen LogP contribution in [-0.4, -0.2) is 87.0 Å². The van der Waals surface area contributed by atoms with Crippen molar-refractivity contribution in [2.45, 2.75) is 32.1 Å². The van der Waals surface area contributed by atoms with Crippen LogP contribution in [0, 0.1) is 5.92 Å². The SMILES string of the molecule is COc1ccc(CC(=O)Nc2cc(C(=O)N3CCCNCC3)ccc2N2CCN(C(=O)C3CCC3)CC2)cc1. The highest BCUT2D eigenvalue weighted by molar-refractivity contribution is 6.00. The molecule has 2 N–H and O–H groups in total. The molecule has 0 radical (unpaired) electrons. The van der Waals surface area contributed by atoms with Gasteiger partial charge in [0, 0.05) is 57.3 Å². The van der Waals surface area contributed by atoms with Crippen LogP contribution in [0.5, 0.6) is 5.75 Å². The number of methoxy groups -OCH3 is 1. The molecule has 5 rings (SSSR count). The number of carbonyl (C=O) groups is 3. The van der Waals surface area contributed by atoms with Crippen LogP contribution in [0.1, 0.15) is 41.6 Å². The fraction of sp³-hybridized carbons (Fsp3) is 0.500. The Hall–Kier alpha value is -3.59. The summed E-state index contributed by atoms with van der Waals surface area (Å²) in [6.07, 6.45) is 4.29. The zero-order valence-corrected chi connectivity index (χ0v) is 22.8. The second kappa shape index (κ2) is 12.5. The van der Waals surface area contributed by atoms with E-state index in [4.69, 9.17) is 4.74 Å². The van der Waals surface area contributed by atoms with Gasteiger partial charge in [-0.05, 0) is 61.7 Å². The number of anilines is 2. The Bertz CT molecular complexity index is 1160. The Morgan fingerprint density at radius 3 is 2.36 bits per heavy atom. The van der Waals surface area contributed by atoms with Crippen LogP contribution >= 0.6 is 0 Å². The lowest BCUT2D eigenvalue weighted by Gasteiger charge is -2.39. The van der Waals surface area contributed by atoms with Crippen molar-refractivity contribution in [1.82, 2.24) is 15.1 Å². The molecule has 2 heterocycles. The summed E-state index contributed by atoms with van der Waals surface area (Å²) < 4.78 is 5.22. The first-order chi connectivity index (χ1) is 19.0. The lowest BCUT2D eigenvalue weighted by molar-refractivity contribution is -0.138. The molecule has 2 saturated heterocycles. The predicted octanol–water partition coefficient (Wildman–Crippen LogP) is 2.76. The van der Waals surface area contributed by atoms with Gasteiger partial charge in [0.05, 0.1) is 24.9 Å². The molecule has 0 spiro atoms. The molecule has 39 heavy (non-hydrogen) atoms. The van der Waals surface area contributed by atoms with Crippen molar-refractivity contribution in [3.63, 3.8) is 0 Å². The maximum atomic E-state index is 13.4. The molecule has 2 aromatic carbocycles. The summed E-state index contributed by atoms with van der Waals surface area (Å²) in [5.74, 6) is 1.05. The van der Waals surface area contributed by atoms with E-state index in [0.29, 0.717) is 50.5 Å². The highest BCUT2D eigenvalue weighted by Crippen LogP contribution is 2.31. The average Bonchev–Trinajstić information content (AvgIpc) is 3.22. The van der Waals surface area contributed by atoms with E-state index in [1.165, 1.54) is 0 Å². The Morgan fingerprint density at radius 1 is 0.897 bits per heavy atom. The van der Waals surface area contributed by atoms with Crippen LogP contribution in [-0.2, 0) is 16.0 Å². The van der Waals surface area contributed by atoms with Crippen molar-refractivity contribution in [3.05, 3.63) is 53.6 Å². The Kier molecular flexibility index (Phi) is 8.66. The zero-order chi connectivity index (χ0) is 27.2. The van der Waals surface area contributed by atoms with Crippen molar-refractivity contribution >= 4 is 29.1 Å². The van der Waals surface area contributed by atoms with E-state index in [0.717, 1.165) is 55.8 Å². The van der Waals surface area contributed by atoms with Crippen LogP contribution in [0.2, 0.25) is 0 Å². The monoisotopic (exact) mass is 533 g/mol. The Labute approximate surface area is 230 Å².